The molecule has 18 heavy (non-hydrogen) atoms. The summed E-state index contributed by atoms with van der Waals surface area (Å²) in [6, 6.07) is 20.1. The Morgan fingerprint density at radius 3 is 1.72 bits per heavy atom. The van der Waals surface area contributed by atoms with Crippen molar-refractivity contribution in [3.63, 3.8) is 0 Å². The minimum atomic E-state index is 0.581. The van der Waals surface area contributed by atoms with Crippen molar-refractivity contribution in [3.05, 3.63) is 77.9 Å². The van der Waals surface area contributed by atoms with Gasteiger partial charge in [-0.05, 0) is 29.7 Å². The average Bonchev–Trinajstić information content (AvgIpc) is 2.46. The van der Waals surface area contributed by atoms with Crippen LogP contribution >= 0.6 is 0 Å². The van der Waals surface area contributed by atoms with Gasteiger partial charge in [0.05, 0.1) is 5.71 Å². The maximum atomic E-state index is 8.82. The second-order valence-electron chi connectivity index (χ2n) is 4.03. The van der Waals surface area contributed by atoms with E-state index in [4.69, 9.17) is 5.21 Å². The first-order valence-corrected chi connectivity index (χ1v) is 5.82. The van der Waals surface area contributed by atoms with Gasteiger partial charge < -0.3 is 5.21 Å². The molecule has 0 aliphatic carbocycles. The van der Waals surface area contributed by atoms with Gasteiger partial charge in [-0.1, -0.05) is 65.8 Å². The number of rotatable bonds is 3. The smallest absolute Gasteiger partial charge is 0.0771 e. The lowest BCUT2D eigenvalue weighted by atomic mass is 9.97. The molecular weight excluding hydrogens is 222 g/mol. The van der Waals surface area contributed by atoms with Crippen LogP contribution in [0, 0.1) is 0 Å². The van der Waals surface area contributed by atoms with E-state index in [1.165, 1.54) is 0 Å². The lowest BCUT2D eigenvalue weighted by Crippen LogP contribution is -1.92. The molecule has 2 aromatic carbocycles. The van der Waals surface area contributed by atoms with Crippen molar-refractivity contribution in [2.75, 3.05) is 0 Å². The maximum absolute atomic E-state index is 8.82. The molecular formula is C16H15NO. The Kier molecular flexibility index (Phi) is 3.92. The lowest BCUT2D eigenvalue weighted by Gasteiger charge is -2.08. The Labute approximate surface area is 107 Å². The normalized spacial score (nSPS) is 11.1. The lowest BCUT2D eigenvalue weighted by molar-refractivity contribution is 0.319. The van der Waals surface area contributed by atoms with Crippen LogP contribution in [-0.2, 0) is 0 Å². The highest BCUT2D eigenvalue weighted by atomic mass is 16.4. The van der Waals surface area contributed by atoms with E-state index >= 15 is 0 Å². The summed E-state index contributed by atoms with van der Waals surface area (Å²) in [7, 11) is 0. The maximum Gasteiger partial charge on any atom is 0.0771 e. The Bertz CT molecular complexity index is 515. The van der Waals surface area contributed by atoms with Gasteiger partial charge in [0.2, 0.25) is 0 Å². The predicted octanol–water partition coefficient (Wildman–Crippen LogP) is 3.97. The molecule has 2 aromatic rings. The number of oxime groups is 1. The highest BCUT2D eigenvalue weighted by molar-refractivity contribution is 6.02. The van der Waals surface area contributed by atoms with Crippen molar-refractivity contribution in [2.24, 2.45) is 5.16 Å². The van der Waals surface area contributed by atoms with Crippen LogP contribution in [0.2, 0.25) is 0 Å². The summed E-state index contributed by atoms with van der Waals surface area (Å²) in [5.41, 5.74) is 3.84. The topological polar surface area (TPSA) is 32.6 Å². The summed E-state index contributed by atoms with van der Waals surface area (Å²) >= 11 is 0. The largest absolute Gasteiger partial charge is 0.411 e. The van der Waals surface area contributed by atoms with Crippen LogP contribution in [0.25, 0.3) is 5.57 Å². The van der Waals surface area contributed by atoms with E-state index in [2.05, 4.69) is 5.16 Å². The molecule has 0 aliphatic rings. The number of nitrogens with zero attached hydrogens (tertiary/aromatic N) is 1. The van der Waals surface area contributed by atoms with Gasteiger partial charge >= 0.3 is 0 Å². The van der Waals surface area contributed by atoms with E-state index in [0.717, 1.165) is 16.7 Å². The molecule has 0 heterocycles. The van der Waals surface area contributed by atoms with Crippen LogP contribution < -0.4 is 0 Å². The molecule has 0 saturated heterocycles. The van der Waals surface area contributed by atoms with Gasteiger partial charge in [-0.2, -0.15) is 0 Å². The van der Waals surface area contributed by atoms with E-state index < -0.39 is 0 Å². The molecule has 2 heteroatoms. The first-order valence-electron chi connectivity index (χ1n) is 5.82. The zero-order valence-corrected chi connectivity index (χ0v) is 10.2. The first kappa shape index (κ1) is 12.1. The van der Waals surface area contributed by atoms with Crippen LogP contribution in [0.4, 0.5) is 0 Å². The summed E-state index contributed by atoms with van der Waals surface area (Å²) in [4.78, 5) is 0. The molecule has 0 spiro atoms. The molecule has 0 radical (unpaired) electrons. The monoisotopic (exact) mass is 237 g/mol. The second kappa shape index (κ2) is 5.82. The van der Waals surface area contributed by atoms with Crippen LogP contribution in [0.15, 0.2) is 71.9 Å². The molecule has 0 saturated carbocycles. The molecule has 0 fully saturated rings. The van der Waals surface area contributed by atoms with Crippen molar-refractivity contribution in [1.29, 1.82) is 0 Å². The van der Waals surface area contributed by atoms with E-state index in [-0.39, 0.29) is 0 Å². The van der Waals surface area contributed by atoms with Gasteiger partial charge in [0.25, 0.3) is 0 Å². The first-order chi connectivity index (χ1) is 8.81. The van der Waals surface area contributed by atoms with Crippen LogP contribution in [-0.4, -0.2) is 10.9 Å². The van der Waals surface area contributed by atoms with Gasteiger partial charge in [0.1, 0.15) is 0 Å². The number of allylic oxidation sites excluding steroid dienone is 1. The summed E-state index contributed by atoms with van der Waals surface area (Å²) in [5, 5.41) is 12.0. The third-order valence-electron chi connectivity index (χ3n) is 2.68. The van der Waals surface area contributed by atoms with Crippen molar-refractivity contribution >= 4 is 11.3 Å². The third-order valence-corrected chi connectivity index (χ3v) is 2.68. The molecule has 0 bridgehead atoms. The minimum absolute atomic E-state index is 0.581. The molecule has 0 atom stereocenters. The third kappa shape index (κ3) is 2.86. The van der Waals surface area contributed by atoms with E-state index in [0.29, 0.717) is 5.71 Å². The molecule has 2 nitrogen and oxygen atoms in total. The van der Waals surface area contributed by atoms with Gasteiger partial charge in [0, 0.05) is 0 Å². The highest BCUT2D eigenvalue weighted by Gasteiger charge is 2.04. The quantitative estimate of drug-likeness (QED) is 0.489. The van der Waals surface area contributed by atoms with E-state index in [1.54, 1.807) is 6.92 Å². The zero-order chi connectivity index (χ0) is 12.8. The second-order valence-corrected chi connectivity index (χ2v) is 4.03. The fourth-order valence-corrected chi connectivity index (χ4v) is 1.81. The van der Waals surface area contributed by atoms with Crippen LogP contribution in [0.5, 0.6) is 0 Å². The Hall–Kier alpha value is -2.35. The molecule has 0 aromatic heterocycles. The van der Waals surface area contributed by atoms with E-state index in [9.17, 15) is 0 Å². The zero-order valence-electron chi connectivity index (χ0n) is 10.2. The molecule has 1 N–H and O–H groups in total. The minimum Gasteiger partial charge on any atom is -0.411 e. The summed E-state index contributed by atoms with van der Waals surface area (Å²) in [6.45, 7) is 1.77. The molecule has 90 valence electrons. The van der Waals surface area contributed by atoms with Gasteiger partial charge in [-0.25, -0.2) is 0 Å². The van der Waals surface area contributed by atoms with Crippen molar-refractivity contribution in [1.82, 2.24) is 0 Å². The van der Waals surface area contributed by atoms with Crippen molar-refractivity contribution in [2.45, 2.75) is 6.92 Å². The molecule has 0 amide bonds. The SMILES string of the molecule is C/C(C=C(c1ccccc1)c1ccccc1)=N/O. The van der Waals surface area contributed by atoms with Crippen LogP contribution in [0.1, 0.15) is 18.1 Å². The van der Waals surface area contributed by atoms with Crippen molar-refractivity contribution in [3.8, 4) is 0 Å². The number of hydrogen-bond donors (Lipinski definition) is 1. The predicted molar refractivity (Wildman–Crippen MR) is 74.9 cm³/mol. The van der Waals surface area contributed by atoms with Gasteiger partial charge in [-0.15, -0.1) is 0 Å². The standard InChI is InChI=1S/C16H15NO/c1-13(17-18)12-16(14-8-4-2-5-9-14)15-10-6-3-7-11-15/h2-12,18H,1H3/b17-13-. The number of benzene rings is 2. The Morgan fingerprint density at radius 2 is 1.33 bits per heavy atom. The Balaban J connectivity index is 2.52. The average molecular weight is 237 g/mol. The van der Waals surface area contributed by atoms with Crippen LogP contribution in [0.3, 0.4) is 0 Å². The molecule has 2 rings (SSSR count). The molecule has 0 unspecified atom stereocenters. The fourth-order valence-electron chi connectivity index (χ4n) is 1.81. The summed E-state index contributed by atoms with van der Waals surface area (Å²) in [6.07, 6.45) is 1.88. The number of hydrogen-bond acceptors (Lipinski definition) is 2. The van der Waals surface area contributed by atoms with Gasteiger partial charge in [0.15, 0.2) is 0 Å². The van der Waals surface area contributed by atoms with E-state index in [1.807, 2.05) is 66.7 Å². The summed E-state index contributed by atoms with van der Waals surface area (Å²) in [5.74, 6) is 0. The van der Waals surface area contributed by atoms with Gasteiger partial charge in [-0.3, -0.25) is 0 Å². The Morgan fingerprint density at radius 1 is 0.889 bits per heavy atom. The molecule has 0 aliphatic heterocycles. The highest BCUT2D eigenvalue weighted by Crippen LogP contribution is 2.23. The summed E-state index contributed by atoms with van der Waals surface area (Å²) < 4.78 is 0. The fraction of sp³-hybridized carbons (Fsp3) is 0.0625. The van der Waals surface area contributed by atoms with Crippen molar-refractivity contribution < 1.29 is 5.21 Å².